The molecule has 0 bridgehead atoms. The predicted octanol–water partition coefficient (Wildman–Crippen LogP) is 3.46. The van der Waals surface area contributed by atoms with Crippen LogP contribution in [0.5, 0.6) is 0 Å². The van der Waals surface area contributed by atoms with Gasteiger partial charge in [0.25, 0.3) is 0 Å². The van der Waals surface area contributed by atoms with Crippen LogP contribution >= 0.6 is 0 Å². The van der Waals surface area contributed by atoms with Gasteiger partial charge in [0.05, 0.1) is 9.79 Å². The first-order valence-corrected chi connectivity index (χ1v) is 13.4. The average molecular weight is 486 g/mol. The van der Waals surface area contributed by atoms with Crippen molar-refractivity contribution >= 4 is 25.7 Å². The Kier molecular flexibility index (Phi) is 6.32. The normalized spacial score (nSPS) is 17.8. The number of nitrogens with zero attached hydrogens (tertiary/aromatic N) is 3. The number of aryl methyl sites for hydroxylation is 1. The number of hydrogen-bond acceptors (Lipinski definition) is 5. The summed E-state index contributed by atoms with van der Waals surface area (Å²) in [5, 5.41) is 0. The minimum Gasteiger partial charge on any atom is -0.378 e. The molecule has 9 heteroatoms. The molecule has 0 unspecified atom stereocenters. The van der Waals surface area contributed by atoms with Crippen LogP contribution in [0.15, 0.2) is 88.7 Å². The van der Waals surface area contributed by atoms with Gasteiger partial charge in [-0.1, -0.05) is 48.0 Å². The van der Waals surface area contributed by atoms with E-state index >= 15 is 0 Å². The van der Waals surface area contributed by atoms with Gasteiger partial charge >= 0.3 is 0 Å². The smallest absolute Gasteiger partial charge is 0.244 e. The monoisotopic (exact) mass is 485 g/mol. The maximum Gasteiger partial charge on any atom is 0.244 e. The molecule has 0 aliphatic carbocycles. The summed E-state index contributed by atoms with van der Waals surface area (Å²) in [6.45, 7) is 2.00. The van der Waals surface area contributed by atoms with Crippen LogP contribution < -0.4 is 4.90 Å². The lowest BCUT2D eigenvalue weighted by molar-refractivity contribution is 0.292. The molecule has 3 aromatic rings. The lowest BCUT2D eigenvalue weighted by Gasteiger charge is -2.30. The number of anilines is 1. The average Bonchev–Trinajstić information content (AvgIpc) is 3.27. The van der Waals surface area contributed by atoms with Gasteiger partial charge in [-0.25, -0.2) is 16.8 Å². The highest BCUT2D eigenvalue weighted by atomic mass is 32.2. The van der Waals surface area contributed by atoms with Crippen LogP contribution in [0.2, 0.25) is 0 Å². The van der Waals surface area contributed by atoms with Gasteiger partial charge in [0.1, 0.15) is 6.17 Å². The Morgan fingerprint density at radius 3 is 1.67 bits per heavy atom. The van der Waals surface area contributed by atoms with Crippen molar-refractivity contribution in [1.82, 2.24) is 8.61 Å². The van der Waals surface area contributed by atoms with Gasteiger partial charge in [-0.05, 0) is 48.9 Å². The number of rotatable bonds is 6. The Morgan fingerprint density at radius 2 is 1.18 bits per heavy atom. The minimum atomic E-state index is -3.94. The van der Waals surface area contributed by atoms with E-state index in [1.807, 2.05) is 38.1 Å². The molecule has 1 aliphatic heterocycles. The van der Waals surface area contributed by atoms with E-state index in [2.05, 4.69) is 0 Å². The highest BCUT2D eigenvalue weighted by Gasteiger charge is 2.46. The topological polar surface area (TPSA) is 78.0 Å². The fourth-order valence-electron chi connectivity index (χ4n) is 3.94. The van der Waals surface area contributed by atoms with Gasteiger partial charge in [0, 0.05) is 32.9 Å². The highest BCUT2D eigenvalue weighted by molar-refractivity contribution is 7.90. The third kappa shape index (κ3) is 4.41. The van der Waals surface area contributed by atoms with Crippen molar-refractivity contribution in [1.29, 1.82) is 0 Å². The van der Waals surface area contributed by atoms with Crippen LogP contribution in [-0.4, -0.2) is 52.6 Å². The summed E-state index contributed by atoms with van der Waals surface area (Å²) >= 11 is 0. The zero-order chi connectivity index (χ0) is 23.8. The molecule has 0 aromatic heterocycles. The van der Waals surface area contributed by atoms with Gasteiger partial charge in [0.15, 0.2) is 0 Å². The molecule has 1 saturated heterocycles. The molecule has 1 fully saturated rings. The zero-order valence-corrected chi connectivity index (χ0v) is 20.4. The van der Waals surface area contributed by atoms with Crippen molar-refractivity contribution in [3.63, 3.8) is 0 Å². The van der Waals surface area contributed by atoms with E-state index in [9.17, 15) is 16.8 Å². The number of benzene rings is 3. The van der Waals surface area contributed by atoms with E-state index in [1.165, 1.54) is 20.7 Å². The molecule has 0 N–H and O–H groups in total. The molecule has 4 rings (SSSR count). The van der Waals surface area contributed by atoms with Gasteiger partial charge in [-0.3, -0.25) is 0 Å². The first kappa shape index (κ1) is 23.4. The van der Waals surface area contributed by atoms with Crippen molar-refractivity contribution in [2.75, 3.05) is 32.1 Å². The molecular formula is C24H27N3O4S2. The first-order chi connectivity index (χ1) is 15.6. The summed E-state index contributed by atoms with van der Waals surface area (Å²) in [6.07, 6.45) is -0.988. The van der Waals surface area contributed by atoms with E-state index in [1.54, 1.807) is 54.6 Å². The molecule has 1 aliphatic rings. The van der Waals surface area contributed by atoms with E-state index in [-0.39, 0.29) is 22.9 Å². The van der Waals surface area contributed by atoms with Crippen molar-refractivity contribution < 1.29 is 16.8 Å². The SMILES string of the molecule is Cc1ccc(S(=O)(=O)N2CCN(S(=O)(=O)c3ccccc3)[C@H]2c2ccc(N(C)C)cc2)cc1. The fourth-order valence-corrected chi connectivity index (χ4v) is 7.16. The Hall–Kier alpha value is -2.72. The van der Waals surface area contributed by atoms with Gasteiger partial charge in [0.2, 0.25) is 20.0 Å². The molecule has 0 amide bonds. The molecule has 0 radical (unpaired) electrons. The molecule has 0 spiro atoms. The maximum absolute atomic E-state index is 13.6. The third-order valence-electron chi connectivity index (χ3n) is 5.77. The lowest BCUT2D eigenvalue weighted by atomic mass is 10.1. The van der Waals surface area contributed by atoms with Gasteiger partial charge in [-0.15, -0.1) is 0 Å². The van der Waals surface area contributed by atoms with Crippen molar-refractivity contribution in [3.05, 3.63) is 90.0 Å². The summed E-state index contributed by atoms with van der Waals surface area (Å²) in [5.41, 5.74) is 2.47. The fraction of sp³-hybridized carbons (Fsp3) is 0.250. The van der Waals surface area contributed by atoms with E-state index in [0.717, 1.165) is 11.3 Å². The molecule has 33 heavy (non-hydrogen) atoms. The largest absolute Gasteiger partial charge is 0.378 e. The quantitative estimate of drug-likeness (QED) is 0.534. The second-order valence-corrected chi connectivity index (χ2v) is 12.0. The van der Waals surface area contributed by atoms with Crippen LogP contribution in [0.3, 0.4) is 0 Å². The predicted molar refractivity (Wildman–Crippen MR) is 129 cm³/mol. The zero-order valence-electron chi connectivity index (χ0n) is 18.8. The highest BCUT2D eigenvalue weighted by Crippen LogP contribution is 2.39. The molecule has 174 valence electrons. The van der Waals surface area contributed by atoms with Crippen LogP contribution in [0.1, 0.15) is 17.3 Å². The van der Waals surface area contributed by atoms with Gasteiger partial charge < -0.3 is 4.90 Å². The molecule has 1 atom stereocenters. The van der Waals surface area contributed by atoms with Gasteiger partial charge in [-0.2, -0.15) is 8.61 Å². The Labute approximate surface area is 196 Å². The third-order valence-corrected chi connectivity index (χ3v) is 9.51. The Balaban J connectivity index is 1.82. The summed E-state index contributed by atoms with van der Waals surface area (Å²) in [7, 11) is -4.05. The number of sulfonamides is 2. The van der Waals surface area contributed by atoms with E-state index in [4.69, 9.17) is 0 Å². The van der Waals surface area contributed by atoms with Crippen LogP contribution in [-0.2, 0) is 20.0 Å². The van der Waals surface area contributed by atoms with Crippen LogP contribution in [0.25, 0.3) is 0 Å². The van der Waals surface area contributed by atoms with E-state index < -0.39 is 26.2 Å². The lowest BCUT2D eigenvalue weighted by Crippen LogP contribution is -2.38. The van der Waals surface area contributed by atoms with Crippen molar-refractivity contribution in [2.45, 2.75) is 22.9 Å². The second kappa shape index (κ2) is 8.90. The summed E-state index contributed by atoms with van der Waals surface area (Å²) in [6, 6.07) is 22.0. The standard InChI is InChI=1S/C24H27N3O4S2/c1-19-9-15-23(16-10-19)33(30,31)27-18-17-26(32(28,29)22-7-5-4-6-8-22)24(27)20-11-13-21(14-12-20)25(2)3/h4-16,24H,17-18H2,1-3H3/t24-/m1/s1. The molecule has 1 heterocycles. The second-order valence-electron chi connectivity index (χ2n) is 8.22. The van der Waals surface area contributed by atoms with Crippen LogP contribution in [0, 0.1) is 6.92 Å². The number of hydrogen-bond donors (Lipinski definition) is 0. The molecule has 0 saturated carbocycles. The summed E-state index contributed by atoms with van der Waals surface area (Å²) < 4.78 is 56.9. The first-order valence-electron chi connectivity index (χ1n) is 10.5. The molecular weight excluding hydrogens is 458 g/mol. The Morgan fingerprint density at radius 1 is 0.697 bits per heavy atom. The minimum absolute atomic E-state index is 0.0579. The maximum atomic E-state index is 13.6. The summed E-state index contributed by atoms with van der Waals surface area (Å²) in [5.74, 6) is 0. The summed E-state index contributed by atoms with van der Waals surface area (Å²) in [4.78, 5) is 2.20. The van der Waals surface area contributed by atoms with Crippen LogP contribution in [0.4, 0.5) is 5.69 Å². The Bertz CT molecular complexity index is 1320. The molecule has 3 aromatic carbocycles. The van der Waals surface area contributed by atoms with Crippen molar-refractivity contribution in [2.24, 2.45) is 0 Å². The molecule has 7 nitrogen and oxygen atoms in total. The van der Waals surface area contributed by atoms with Crippen molar-refractivity contribution in [3.8, 4) is 0 Å². The van der Waals surface area contributed by atoms with E-state index in [0.29, 0.717) is 5.56 Å².